The van der Waals surface area contributed by atoms with Crippen molar-refractivity contribution in [2.24, 2.45) is 11.8 Å². The standard InChI is InChI=1S/C21H25FN2O3S/c1-12-18(21(27)23-3)17(28-13(2)25)10-11-24(12)19(20(26)14-8-9-14)15-6-4-5-7-16(15)22/h4-7,14,17-19H,1,8-11H2,2-3H3,(H,23,27). The van der Waals surface area contributed by atoms with Crippen LogP contribution in [0.1, 0.15) is 37.8 Å². The number of hydrogen-bond donors (Lipinski definition) is 1. The summed E-state index contributed by atoms with van der Waals surface area (Å²) in [7, 11) is 1.54. The van der Waals surface area contributed by atoms with Crippen LogP contribution >= 0.6 is 11.8 Å². The lowest BCUT2D eigenvalue weighted by Crippen LogP contribution is -2.49. The number of nitrogens with zero attached hydrogens (tertiary/aromatic N) is 1. The van der Waals surface area contributed by atoms with E-state index < -0.39 is 17.8 Å². The van der Waals surface area contributed by atoms with Gasteiger partial charge in [0, 0.05) is 42.9 Å². The minimum absolute atomic E-state index is 0.0282. The van der Waals surface area contributed by atoms with Crippen LogP contribution in [0.2, 0.25) is 0 Å². The number of benzene rings is 1. The molecule has 1 aromatic rings. The van der Waals surface area contributed by atoms with Gasteiger partial charge < -0.3 is 10.2 Å². The summed E-state index contributed by atoms with van der Waals surface area (Å²) in [5, 5.41) is 2.31. The maximum atomic E-state index is 14.6. The summed E-state index contributed by atoms with van der Waals surface area (Å²) in [5.41, 5.74) is 0.778. The molecule has 3 unspecified atom stereocenters. The van der Waals surface area contributed by atoms with E-state index in [1.54, 1.807) is 23.1 Å². The molecule has 3 rings (SSSR count). The van der Waals surface area contributed by atoms with Crippen LogP contribution in [-0.2, 0) is 14.4 Å². The minimum Gasteiger partial charge on any atom is -0.361 e. The lowest BCUT2D eigenvalue weighted by molar-refractivity contribution is -0.128. The van der Waals surface area contributed by atoms with E-state index in [9.17, 15) is 18.8 Å². The van der Waals surface area contributed by atoms with Gasteiger partial charge in [0.2, 0.25) is 5.91 Å². The van der Waals surface area contributed by atoms with E-state index in [1.807, 2.05) is 0 Å². The number of likely N-dealkylation sites (tertiary alicyclic amines) is 1. The summed E-state index contributed by atoms with van der Waals surface area (Å²) in [6.45, 7) is 6.02. The predicted octanol–water partition coefficient (Wildman–Crippen LogP) is 3.08. The van der Waals surface area contributed by atoms with Crippen molar-refractivity contribution in [1.29, 1.82) is 0 Å². The van der Waals surface area contributed by atoms with Crippen molar-refractivity contribution in [1.82, 2.24) is 10.2 Å². The quantitative estimate of drug-likeness (QED) is 0.789. The van der Waals surface area contributed by atoms with Gasteiger partial charge >= 0.3 is 0 Å². The van der Waals surface area contributed by atoms with Gasteiger partial charge in [0.1, 0.15) is 11.9 Å². The van der Waals surface area contributed by atoms with E-state index in [2.05, 4.69) is 11.9 Å². The smallest absolute Gasteiger partial charge is 0.229 e. The van der Waals surface area contributed by atoms with Gasteiger partial charge in [0.25, 0.3) is 0 Å². The first-order valence-corrected chi connectivity index (χ1v) is 10.4. The van der Waals surface area contributed by atoms with Crippen molar-refractivity contribution in [3.8, 4) is 0 Å². The van der Waals surface area contributed by atoms with Gasteiger partial charge in [-0.3, -0.25) is 14.4 Å². The molecule has 2 aliphatic rings. The number of hydrogen-bond acceptors (Lipinski definition) is 5. The molecule has 1 heterocycles. The molecule has 0 spiro atoms. The van der Waals surface area contributed by atoms with Gasteiger partial charge in [0.05, 0.1) is 5.92 Å². The first-order valence-electron chi connectivity index (χ1n) is 9.47. The zero-order valence-corrected chi connectivity index (χ0v) is 16.9. The van der Waals surface area contributed by atoms with Crippen molar-refractivity contribution >= 4 is 28.6 Å². The summed E-state index contributed by atoms with van der Waals surface area (Å²) < 4.78 is 14.6. The Labute approximate surface area is 168 Å². The van der Waals surface area contributed by atoms with Crippen LogP contribution in [0, 0.1) is 17.7 Å². The van der Waals surface area contributed by atoms with Crippen LogP contribution in [0.15, 0.2) is 36.5 Å². The van der Waals surface area contributed by atoms with Crippen LogP contribution in [0.5, 0.6) is 0 Å². The Morgan fingerprint density at radius 1 is 1.25 bits per heavy atom. The highest BCUT2D eigenvalue weighted by Gasteiger charge is 2.45. The SMILES string of the molecule is C=C1C(C(=O)NC)C(SC(C)=O)CCN1C(C(=O)C1CC1)c1ccccc1F. The van der Waals surface area contributed by atoms with Crippen LogP contribution in [0.25, 0.3) is 0 Å². The highest BCUT2D eigenvalue weighted by Crippen LogP contribution is 2.43. The molecule has 1 saturated heterocycles. The summed E-state index contributed by atoms with van der Waals surface area (Å²) in [6, 6.07) is 5.48. The van der Waals surface area contributed by atoms with E-state index in [0.29, 0.717) is 24.2 Å². The van der Waals surface area contributed by atoms with Crippen molar-refractivity contribution in [2.75, 3.05) is 13.6 Å². The number of amides is 1. The molecular formula is C21H25FN2O3S. The largest absolute Gasteiger partial charge is 0.361 e. The molecule has 5 nitrogen and oxygen atoms in total. The van der Waals surface area contributed by atoms with Gasteiger partial charge in [-0.1, -0.05) is 36.5 Å². The Bertz CT molecular complexity index is 809. The minimum atomic E-state index is -0.795. The topological polar surface area (TPSA) is 66.5 Å². The third kappa shape index (κ3) is 4.14. The van der Waals surface area contributed by atoms with Crippen molar-refractivity contribution in [3.05, 3.63) is 47.9 Å². The fraction of sp³-hybridized carbons (Fsp3) is 0.476. The maximum absolute atomic E-state index is 14.6. The highest BCUT2D eigenvalue weighted by molar-refractivity contribution is 8.14. The average Bonchev–Trinajstić information content (AvgIpc) is 3.49. The number of ketones is 1. The molecule has 150 valence electrons. The Morgan fingerprint density at radius 3 is 2.50 bits per heavy atom. The zero-order valence-electron chi connectivity index (χ0n) is 16.1. The second-order valence-corrected chi connectivity index (χ2v) is 8.73. The number of halogens is 1. The van der Waals surface area contributed by atoms with Crippen LogP contribution in [-0.4, -0.2) is 40.5 Å². The molecule has 1 saturated carbocycles. The Balaban J connectivity index is 1.97. The lowest BCUT2D eigenvalue weighted by atomic mass is 9.88. The molecule has 28 heavy (non-hydrogen) atoms. The number of carbonyl (C=O) groups excluding carboxylic acids is 3. The Kier molecular flexibility index (Phi) is 6.23. The molecule has 1 aromatic carbocycles. The van der Waals surface area contributed by atoms with Crippen molar-refractivity contribution in [3.63, 3.8) is 0 Å². The van der Waals surface area contributed by atoms with Crippen molar-refractivity contribution in [2.45, 2.75) is 37.5 Å². The van der Waals surface area contributed by atoms with Crippen LogP contribution in [0.3, 0.4) is 0 Å². The molecule has 1 N–H and O–H groups in total. The normalized spacial score (nSPS) is 23.2. The summed E-state index contributed by atoms with van der Waals surface area (Å²) >= 11 is 1.12. The molecule has 0 aromatic heterocycles. The Hall–Kier alpha value is -2.15. The third-order valence-corrected chi connectivity index (χ3v) is 6.50. The van der Waals surface area contributed by atoms with E-state index in [1.165, 1.54) is 20.0 Å². The average molecular weight is 405 g/mol. The molecule has 1 aliphatic carbocycles. The molecule has 1 aliphatic heterocycles. The molecular weight excluding hydrogens is 379 g/mol. The first-order chi connectivity index (χ1) is 13.3. The number of Topliss-reactive ketones (excluding diaryl/α,β-unsaturated/α-hetero) is 1. The fourth-order valence-electron chi connectivity index (χ4n) is 3.84. The molecule has 1 amide bonds. The van der Waals surface area contributed by atoms with Gasteiger partial charge in [0.15, 0.2) is 10.9 Å². The van der Waals surface area contributed by atoms with E-state index in [0.717, 1.165) is 24.6 Å². The summed E-state index contributed by atoms with van der Waals surface area (Å²) in [6.07, 6.45) is 2.15. The van der Waals surface area contributed by atoms with Crippen LogP contribution < -0.4 is 5.32 Å². The second-order valence-electron chi connectivity index (χ2n) is 7.31. The lowest BCUT2D eigenvalue weighted by Gasteiger charge is -2.43. The first kappa shape index (κ1) is 20.6. The molecule has 0 radical (unpaired) electrons. The number of thioether (sulfide) groups is 1. The Morgan fingerprint density at radius 2 is 1.93 bits per heavy atom. The van der Waals surface area contributed by atoms with Gasteiger partial charge in [-0.15, -0.1) is 0 Å². The number of piperidine rings is 1. The third-order valence-electron chi connectivity index (χ3n) is 5.36. The second kappa shape index (κ2) is 8.47. The zero-order chi connectivity index (χ0) is 20.4. The summed E-state index contributed by atoms with van der Waals surface area (Å²) in [4.78, 5) is 39.1. The molecule has 0 bridgehead atoms. The number of carbonyl (C=O) groups is 3. The predicted molar refractivity (Wildman–Crippen MR) is 107 cm³/mol. The van der Waals surface area contributed by atoms with E-state index in [4.69, 9.17) is 0 Å². The molecule has 2 fully saturated rings. The van der Waals surface area contributed by atoms with Gasteiger partial charge in [-0.25, -0.2) is 4.39 Å². The molecule has 3 atom stereocenters. The fourth-order valence-corrected chi connectivity index (χ4v) is 4.91. The van der Waals surface area contributed by atoms with E-state index >= 15 is 0 Å². The number of rotatable bonds is 6. The van der Waals surface area contributed by atoms with Crippen LogP contribution in [0.4, 0.5) is 4.39 Å². The monoisotopic (exact) mass is 404 g/mol. The maximum Gasteiger partial charge on any atom is 0.229 e. The molecule has 7 heteroatoms. The van der Waals surface area contributed by atoms with Gasteiger partial charge in [-0.05, 0) is 25.3 Å². The van der Waals surface area contributed by atoms with Crippen molar-refractivity contribution < 1.29 is 18.8 Å². The van der Waals surface area contributed by atoms with Gasteiger partial charge in [-0.2, -0.15) is 0 Å². The summed E-state index contributed by atoms with van der Waals surface area (Å²) in [5.74, 6) is -1.43. The number of nitrogens with one attached hydrogen (secondary N) is 1. The highest BCUT2D eigenvalue weighted by atomic mass is 32.2. The van der Waals surface area contributed by atoms with E-state index in [-0.39, 0.29) is 28.0 Å².